The zero-order valence-electron chi connectivity index (χ0n) is 12.6. The number of nitrogens with zero attached hydrogens (tertiary/aromatic N) is 2. The number of hydrogen-bond acceptors (Lipinski definition) is 3. The molecule has 2 aliphatic carbocycles. The Balaban J connectivity index is 2.22. The van der Waals surface area contributed by atoms with Crippen LogP contribution in [-0.4, -0.2) is 4.98 Å². The van der Waals surface area contributed by atoms with Crippen LogP contribution >= 0.6 is 11.6 Å². The highest BCUT2D eigenvalue weighted by Crippen LogP contribution is 2.47. The molecule has 21 heavy (non-hydrogen) atoms. The summed E-state index contributed by atoms with van der Waals surface area (Å²) in [5.41, 5.74) is 2.96. The van der Waals surface area contributed by atoms with Gasteiger partial charge < -0.3 is 5.11 Å². The number of aromatic nitrogens is 1. The average Bonchev–Trinajstić information content (AvgIpc) is 2.88. The highest BCUT2D eigenvalue weighted by molar-refractivity contribution is 6.30. The van der Waals surface area contributed by atoms with Gasteiger partial charge in [-0.3, -0.25) is 0 Å². The lowest BCUT2D eigenvalue weighted by molar-refractivity contribution is -0.434. The minimum absolute atomic E-state index is 0.0448. The molecule has 2 aliphatic rings. The van der Waals surface area contributed by atoms with Crippen LogP contribution in [0, 0.1) is 16.7 Å². The molecule has 112 valence electrons. The third-order valence-corrected chi connectivity index (χ3v) is 5.16. The fourth-order valence-electron chi connectivity index (χ4n) is 4.00. The van der Waals surface area contributed by atoms with Crippen LogP contribution in [0.3, 0.4) is 0 Å². The van der Waals surface area contributed by atoms with Gasteiger partial charge in [-0.2, -0.15) is 5.26 Å². The van der Waals surface area contributed by atoms with Crippen LogP contribution in [0.2, 0.25) is 5.15 Å². The van der Waals surface area contributed by atoms with Crippen LogP contribution in [-0.2, 0) is 6.42 Å². The van der Waals surface area contributed by atoms with Crippen LogP contribution in [0.4, 0.5) is 0 Å². The highest BCUT2D eigenvalue weighted by atomic mass is 35.5. The standard InChI is InChI=1S/C17H20ClN2O/c1-17(2)7-12-15(13(21)8-17)14(10-5-3-4-6-10)11(9-19)16(18)20-12/h10,13H,3-8H2,1-2H3/q-1. The number of pyridine rings is 1. The van der Waals surface area contributed by atoms with Crippen molar-refractivity contribution in [3.63, 3.8) is 0 Å². The summed E-state index contributed by atoms with van der Waals surface area (Å²) in [6, 6.07) is 2.20. The van der Waals surface area contributed by atoms with Crippen LogP contribution < -0.4 is 5.11 Å². The molecule has 1 unspecified atom stereocenters. The molecule has 1 heterocycles. The monoisotopic (exact) mass is 303 g/mol. The van der Waals surface area contributed by atoms with Crippen LogP contribution in [0.5, 0.6) is 0 Å². The molecular formula is C17H20ClN2O-. The van der Waals surface area contributed by atoms with E-state index in [1.165, 1.54) is 12.8 Å². The Labute approximate surface area is 131 Å². The van der Waals surface area contributed by atoms with Crippen molar-refractivity contribution in [3.8, 4) is 6.07 Å². The summed E-state index contributed by atoms with van der Waals surface area (Å²) >= 11 is 6.25. The van der Waals surface area contributed by atoms with Crippen LogP contribution in [0.1, 0.15) is 80.4 Å². The van der Waals surface area contributed by atoms with E-state index in [0.717, 1.165) is 36.1 Å². The average molecular weight is 304 g/mol. The largest absolute Gasteiger partial charge is 0.848 e. The van der Waals surface area contributed by atoms with E-state index in [4.69, 9.17) is 11.6 Å². The lowest BCUT2D eigenvalue weighted by Gasteiger charge is -2.42. The molecule has 0 bridgehead atoms. The van der Waals surface area contributed by atoms with Crippen molar-refractivity contribution in [2.24, 2.45) is 5.41 Å². The third-order valence-electron chi connectivity index (χ3n) is 4.89. The smallest absolute Gasteiger partial charge is 0.147 e. The lowest BCUT2D eigenvalue weighted by atomic mass is 9.72. The molecule has 0 aliphatic heterocycles. The Bertz CT molecular complexity index is 612. The Morgan fingerprint density at radius 3 is 2.57 bits per heavy atom. The van der Waals surface area contributed by atoms with E-state index in [-0.39, 0.29) is 10.6 Å². The molecule has 3 nitrogen and oxygen atoms in total. The van der Waals surface area contributed by atoms with Gasteiger partial charge in [0.1, 0.15) is 11.2 Å². The highest BCUT2D eigenvalue weighted by Gasteiger charge is 2.34. The molecule has 4 heteroatoms. The zero-order valence-corrected chi connectivity index (χ0v) is 13.3. The normalized spacial score (nSPS) is 24.6. The number of fused-ring (bicyclic) bond motifs is 1. The van der Waals surface area contributed by atoms with E-state index >= 15 is 0 Å². The van der Waals surface area contributed by atoms with E-state index < -0.39 is 6.10 Å². The van der Waals surface area contributed by atoms with Gasteiger partial charge in [0, 0.05) is 5.69 Å². The van der Waals surface area contributed by atoms with Gasteiger partial charge in [-0.15, -0.1) is 0 Å². The van der Waals surface area contributed by atoms with E-state index in [1.54, 1.807) is 0 Å². The SMILES string of the molecule is CC1(C)Cc2nc(Cl)c(C#N)c(C3CCCC3)c2C([O-])C1. The first-order chi connectivity index (χ1) is 9.93. The topological polar surface area (TPSA) is 59.7 Å². The molecule has 0 N–H and O–H groups in total. The second-order valence-corrected chi connectivity index (χ2v) is 7.54. The van der Waals surface area contributed by atoms with Gasteiger partial charge in [-0.25, -0.2) is 4.98 Å². The van der Waals surface area contributed by atoms with Crippen molar-refractivity contribution in [1.82, 2.24) is 4.98 Å². The third kappa shape index (κ3) is 2.56. The fourth-order valence-corrected chi connectivity index (χ4v) is 4.25. The summed E-state index contributed by atoms with van der Waals surface area (Å²) in [6.07, 6.45) is 5.03. The van der Waals surface area contributed by atoms with Gasteiger partial charge in [0.25, 0.3) is 0 Å². The summed E-state index contributed by atoms with van der Waals surface area (Å²) in [7, 11) is 0. The zero-order chi connectivity index (χ0) is 15.2. The number of halogens is 1. The molecule has 0 aromatic carbocycles. The molecule has 1 saturated carbocycles. The first kappa shape index (κ1) is 14.8. The summed E-state index contributed by atoms with van der Waals surface area (Å²) in [5.74, 6) is 0.312. The lowest BCUT2D eigenvalue weighted by Crippen LogP contribution is -2.34. The van der Waals surface area contributed by atoms with Crippen LogP contribution in [0.15, 0.2) is 0 Å². The van der Waals surface area contributed by atoms with Crippen molar-refractivity contribution in [2.45, 2.75) is 64.4 Å². The van der Waals surface area contributed by atoms with Gasteiger partial charge in [0.05, 0.1) is 5.56 Å². The second kappa shape index (κ2) is 5.26. The van der Waals surface area contributed by atoms with Crippen molar-refractivity contribution in [1.29, 1.82) is 5.26 Å². The molecule has 1 fully saturated rings. The van der Waals surface area contributed by atoms with Gasteiger partial charge in [0.15, 0.2) is 0 Å². The molecule has 1 aromatic heterocycles. The first-order valence-electron chi connectivity index (χ1n) is 7.71. The molecule has 1 aromatic rings. The number of nitriles is 1. The van der Waals surface area contributed by atoms with Gasteiger partial charge in [-0.1, -0.05) is 50.8 Å². The van der Waals surface area contributed by atoms with E-state index in [1.807, 2.05) is 0 Å². The predicted molar refractivity (Wildman–Crippen MR) is 80.0 cm³/mol. The van der Waals surface area contributed by atoms with Crippen molar-refractivity contribution in [3.05, 3.63) is 27.5 Å². The number of hydrogen-bond donors (Lipinski definition) is 0. The summed E-state index contributed by atoms with van der Waals surface area (Å²) < 4.78 is 0. The Kier molecular flexibility index (Phi) is 3.71. The molecule has 1 atom stereocenters. The minimum atomic E-state index is -0.781. The Morgan fingerprint density at radius 2 is 1.95 bits per heavy atom. The second-order valence-electron chi connectivity index (χ2n) is 7.18. The van der Waals surface area contributed by atoms with Crippen LogP contribution in [0.25, 0.3) is 0 Å². The minimum Gasteiger partial charge on any atom is -0.848 e. The van der Waals surface area contributed by atoms with Crippen molar-refractivity contribution >= 4 is 11.6 Å². The summed E-state index contributed by atoms with van der Waals surface area (Å²) in [5, 5.41) is 22.5. The van der Waals surface area contributed by atoms with E-state index in [0.29, 0.717) is 17.9 Å². The molecule has 0 spiro atoms. The Hall–Kier alpha value is -1.11. The molecule has 0 saturated heterocycles. The van der Waals surface area contributed by atoms with Gasteiger partial charge in [-0.05, 0) is 41.7 Å². The van der Waals surface area contributed by atoms with Gasteiger partial charge >= 0.3 is 0 Å². The maximum Gasteiger partial charge on any atom is 0.147 e. The molecule has 3 rings (SSSR count). The quantitative estimate of drug-likeness (QED) is 0.744. The summed E-state index contributed by atoms with van der Waals surface area (Å²) in [4.78, 5) is 4.41. The van der Waals surface area contributed by atoms with Crippen molar-refractivity contribution < 1.29 is 5.11 Å². The Morgan fingerprint density at radius 1 is 1.29 bits per heavy atom. The van der Waals surface area contributed by atoms with Crippen molar-refractivity contribution in [2.75, 3.05) is 0 Å². The first-order valence-corrected chi connectivity index (χ1v) is 8.09. The molecule has 0 amide bonds. The van der Waals surface area contributed by atoms with Gasteiger partial charge in [0.2, 0.25) is 0 Å². The number of rotatable bonds is 1. The van der Waals surface area contributed by atoms with E-state index in [9.17, 15) is 10.4 Å². The fraction of sp³-hybridized carbons (Fsp3) is 0.647. The maximum atomic E-state index is 12.7. The van der Waals surface area contributed by atoms with E-state index in [2.05, 4.69) is 24.9 Å². The predicted octanol–water partition coefficient (Wildman–Crippen LogP) is 3.64. The molecule has 0 radical (unpaired) electrons. The maximum absolute atomic E-state index is 12.7. The molecular weight excluding hydrogens is 284 g/mol. The summed E-state index contributed by atoms with van der Waals surface area (Å²) in [6.45, 7) is 4.20.